The van der Waals surface area contributed by atoms with E-state index in [0.717, 1.165) is 13.1 Å². The van der Waals surface area contributed by atoms with Crippen molar-refractivity contribution in [1.82, 2.24) is 20.2 Å². The van der Waals surface area contributed by atoms with Gasteiger partial charge in [-0.3, -0.25) is 4.90 Å². The average molecular weight is 208 g/mol. The number of H-pyrrole nitrogens is 1. The van der Waals surface area contributed by atoms with Gasteiger partial charge in [0.1, 0.15) is 0 Å². The summed E-state index contributed by atoms with van der Waals surface area (Å²) >= 11 is 0. The Balaban J connectivity index is 1.92. The minimum atomic E-state index is 0.687. The predicted octanol–water partition coefficient (Wildman–Crippen LogP) is 0.984. The van der Waals surface area contributed by atoms with Crippen LogP contribution in [0.4, 0.5) is 0 Å². The van der Waals surface area contributed by atoms with Gasteiger partial charge in [-0.25, -0.2) is 4.98 Å². The van der Waals surface area contributed by atoms with Gasteiger partial charge < -0.3 is 10.3 Å². The second-order valence-electron chi connectivity index (χ2n) is 4.25. The lowest BCUT2D eigenvalue weighted by Gasteiger charge is -2.35. The Kier molecular flexibility index (Phi) is 3.75. The molecule has 2 N–H and O–H groups in total. The maximum atomic E-state index is 4.06. The van der Waals surface area contributed by atoms with Crippen molar-refractivity contribution < 1.29 is 0 Å². The van der Waals surface area contributed by atoms with Crippen LogP contribution in [0.15, 0.2) is 12.5 Å². The highest BCUT2D eigenvalue weighted by atomic mass is 15.2. The van der Waals surface area contributed by atoms with Gasteiger partial charge in [-0.2, -0.15) is 0 Å². The first kappa shape index (κ1) is 10.6. The summed E-state index contributed by atoms with van der Waals surface area (Å²) in [5.41, 5.74) is 1.22. The normalized spacial score (nSPS) is 23.1. The summed E-state index contributed by atoms with van der Waals surface area (Å²) in [6.07, 6.45) is 7.69. The number of hydrogen-bond donors (Lipinski definition) is 2. The molecular weight excluding hydrogens is 188 g/mol. The molecule has 1 aliphatic heterocycles. The minimum absolute atomic E-state index is 0.687. The summed E-state index contributed by atoms with van der Waals surface area (Å²) in [7, 11) is 2.03. The molecule has 0 bridgehead atoms. The summed E-state index contributed by atoms with van der Waals surface area (Å²) in [6.45, 7) is 3.31. The van der Waals surface area contributed by atoms with E-state index in [1.807, 2.05) is 13.2 Å². The van der Waals surface area contributed by atoms with Crippen molar-refractivity contribution >= 4 is 0 Å². The first-order valence-corrected chi connectivity index (χ1v) is 5.76. The zero-order valence-electron chi connectivity index (χ0n) is 9.37. The molecular formula is C11H20N4. The molecule has 15 heavy (non-hydrogen) atoms. The molecule has 1 unspecified atom stereocenters. The van der Waals surface area contributed by atoms with Gasteiger partial charge in [-0.1, -0.05) is 6.42 Å². The van der Waals surface area contributed by atoms with Gasteiger partial charge in [-0.15, -0.1) is 0 Å². The number of nitrogens with one attached hydrogen (secondary N) is 2. The fraction of sp³-hybridized carbons (Fsp3) is 0.727. The van der Waals surface area contributed by atoms with Crippen LogP contribution >= 0.6 is 0 Å². The Morgan fingerprint density at radius 3 is 3.27 bits per heavy atom. The Labute approximate surface area is 91.1 Å². The molecule has 1 atom stereocenters. The van der Waals surface area contributed by atoms with E-state index in [-0.39, 0.29) is 0 Å². The lowest BCUT2D eigenvalue weighted by Crippen LogP contribution is -2.44. The van der Waals surface area contributed by atoms with Crippen molar-refractivity contribution in [3.05, 3.63) is 18.2 Å². The molecule has 84 valence electrons. The zero-order valence-corrected chi connectivity index (χ0v) is 9.37. The SMILES string of the molecule is CNCC1CCCCN1Cc1cnc[nH]1. The van der Waals surface area contributed by atoms with Crippen molar-refractivity contribution in [3.63, 3.8) is 0 Å². The van der Waals surface area contributed by atoms with Gasteiger partial charge in [0, 0.05) is 31.0 Å². The predicted molar refractivity (Wildman–Crippen MR) is 60.6 cm³/mol. The van der Waals surface area contributed by atoms with Crippen LogP contribution < -0.4 is 5.32 Å². The highest BCUT2D eigenvalue weighted by molar-refractivity contribution is 4.95. The van der Waals surface area contributed by atoms with Crippen LogP contribution in [0.1, 0.15) is 25.0 Å². The molecule has 4 nitrogen and oxygen atoms in total. The largest absolute Gasteiger partial charge is 0.347 e. The van der Waals surface area contributed by atoms with Gasteiger partial charge >= 0.3 is 0 Å². The number of likely N-dealkylation sites (tertiary alicyclic amines) is 1. The zero-order chi connectivity index (χ0) is 10.5. The molecule has 4 heteroatoms. The second kappa shape index (κ2) is 5.28. The maximum absolute atomic E-state index is 4.06. The Bertz CT molecular complexity index is 268. The highest BCUT2D eigenvalue weighted by Crippen LogP contribution is 2.18. The molecule has 1 aliphatic rings. The lowest BCUT2D eigenvalue weighted by molar-refractivity contribution is 0.138. The minimum Gasteiger partial charge on any atom is -0.347 e. The van der Waals surface area contributed by atoms with Crippen molar-refractivity contribution in [2.45, 2.75) is 31.8 Å². The summed E-state index contributed by atoms with van der Waals surface area (Å²) in [4.78, 5) is 9.78. The number of imidazole rings is 1. The second-order valence-corrected chi connectivity index (χ2v) is 4.25. The van der Waals surface area contributed by atoms with Crippen LogP contribution in [0.5, 0.6) is 0 Å². The molecule has 0 amide bonds. The van der Waals surface area contributed by atoms with Gasteiger partial charge in [0.05, 0.1) is 6.33 Å². The van der Waals surface area contributed by atoms with Crippen LogP contribution in [-0.4, -0.2) is 41.0 Å². The molecule has 0 radical (unpaired) electrons. The van der Waals surface area contributed by atoms with Crippen molar-refractivity contribution in [3.8, 4) is 0 Å². The number of nitrogens with zero attached hydrogens (tertiary/aromatic N) is 2. The molecule has 2 rings (SSSR count). The molecule has 0 aromatic carbocycles. The Morgan fingerprint density at radius 1 is 1.60 bits per heavy atom. The summed E-state index contributed by atoms with van der Waals surface area (Å²) < 4.78 is 0. The van der Waals surface area contributed by atoms with E-state index in [1.54, 1.807) is 6.33 Å². The molecule has 1 aromatic rings. The standard InChI is InChI=1S/C11H20N4/c1-12-7-11-4-2-3-5-15(11)8-10-6-13-9-14-10/h6,9,11-12H,2-5,7-8H2,1H3,(H,13,14). The quantitative estimate of drug-likeness (QED) is 0.775. The Hall–Kier alpha value is -0.870. The van der Waals surface area contributed by atoms with E-state index in [2.05, 4.69) is 20.2 Å². The number of aromatic nitrogens is 2. The van der Waals surface area contributed by atoms with Gasteiger partial charge in [0.25, 0.3) is 0 Å². The van der Waals surface area contributed by atoms with E-state index < -0.39 is 0 Å². The fourth-order valence-corrected chi connectivity index (χ4v) is 2.32. The number of hydrogen-bond acceptors (Lipinski definition) is 3. The van der Waals surface area contributed by atoms with E-state index in [9.17, 15) is 0 Å². The number of aromatic amines is 1. The van der Waals surface area contributed by atoms with Gasteiger partial charge in [0.15, 0.2) is 0 Å². The van der Waals surface area contributed by atoms with Gasteiger partial charge in [0.2, 0.25) is 0 Å². The topological polar surface area (TPSA) is 44.0 Å². The van der Waals surface area contributed by atoms with Crippen molar-refractivity contribution in [2.24, 2.45) is 0 Å². The monoisotopic (exact) mass is 208 g/mol. The molecule has 1 aromatic heterocycles. The van der Waals surface area contributed by atoms with Crippen LogP contribution in [0, 0.1) is 0 Å². The van der Waals surface area contributed by atoms with Crippen LogP contribution in [0.25, 0.3) is 0 Å². The molecule has 1 fully saturated rings. The van der Waals surface area contributed by atoms with Gasteiger partial charge in [-0.05, 0) is 26.4 Å². The summed E-state index contributed by atoms with van der Waals surface area (Å²) in [5, 5.41) is 3.28. The Morgan fingerprint density at radius 2 is 2.53 bits per heavy atom. The van der Waals surface area contributed by atoms with Crippen LogP contribution in [0.3, 0.4) is 0 Å². The van der Waals surface area contributed by atoms with Crippen molar-refractivity contribution in [2.75, 3.05) is 20.1 Å². The first-order valence-electron chi connectivity index (χ1n) is 5.76. The molecule has 0 spiro atoms. The molecule has 0 saturated carbocycles. The molecule has 1 saturated heterocycles. The van der Waals surface area contributed by atoms with E-state index in [1.165, 1.54) is 31.5 Å². The fourth-order valence-electron chi connectivity index (χ4n) is 2.32. The first-order chi connectivity index (χ1) is 7.40. The third kappa shape index (κ3) is 2.79. The van der Waals surface area contributed by atoms with Crippen molar-refractivity contribution in [1.29, 1.82) is 0 Å². The number of rotatable bonds is 4. The van der Waals surface area contributed by atoms with E-state index >= 15 is 0 Å². The van der Waals surface area contributed by atoms with E-state index in [4.69, 9.17) is 0 Å². The van der Waals surface area contributed by atoms with Crippen LogP contribution in [0.2, 0.25) is 0 Å². The smallest absolute Gasteiger partial charge is 0.0922 e. The third-order valence-electron chi connectivity index (χ3n) is 3.12. The highest BCUT2D eigenvalue weighted by Gasteiger charge is 2.21. The molecule has 0 aliphatic carbocycles. The third-order valence-corrected chi connectivity index (χ3v) is 3.12. The average Bonchev–Trinajstić information content (AvgIpc) is 2.74. The maximum Gasteiger partial charge on any atom is 0.0922 e. The van der Waals surface area contributed by atoms with E-state index in [0.29, 0.717) is 6.04 Å². The summed E-state index contributed by atoms with van der Waals surface area (Å²) in [5.74, 6) is 0. The van der Waals surface area contributed by atoms with Crippen LogP contribution in [-0.2, 0) is 6.54 Å². The number of likely N-dealkylation sites (N-methyl/N-ethyl adjacent to an activating group) is 1. The molecule has 2 heterocycles. The summed E-state index contributed by atoms with van der Waals surface area (Å²) in [6, 6.07) is 0.687. The number of piperidine rings is 1. The lowest BCUT2D eigenvalue weighted by atomic mass is 10.0.